The van der Waals surface area contributed by atoms with Gasteiger partial charge in [0.2, 0.25) is 5.78 Å². The van der Waals surface area contributed by atoms with Gasteiger partial charge in [-0.15, -0.1) is 0 Å². The molecule has 1 N–H and O–H groups in total. The van der Waals surface area contributed by atoms with E-state index in [1.165, 1.54) is 12.0 Å². The number of rotatable bonds is 7. The summed E-state index contributed by atoms with van der Waals surface area (Å²) in [5, 5.41) is 13.5. The molecule has 2 heterocycles. The third kappa shape index (κ3) is 5.13. The van der Waals surface area contributed by atoms with Crippen LogP contribution in [0.25, 0.3) is 5.76 Å². The molecule has 33 heavy (non-hydrogen) atoms. The summed E-state index contributed by atoms with van der Waals surface area (Å²) in [4.78, 5) is 29.1. The maximum absolute atomic E-state index is 13.5. The van der Waals surface area contributed by atoms with Gasteiger partial charge in [0.1, 0.15) is 18.8 Å². The van der Waals surface area contributed by atoms with Crippen LogP contribution in [-0.2, 0) is 14.3 Å². The molecule has 1 unspecified atom stereocenters. The minimum atomic E-state index is -0.730. The topological polar surface area (TPSA) is 83.3 Å². The van der Waals surface area contributed by atoms with E-state index in [0.717, 1.165) is 49.3 Å². The number of morpholine rings is 1. The summed E-state index contributed by atoms with van der Waals surface area (Å²) in [6, 6.07) is 13.4. The smallest absolute Gasteiger partial charge is 0.295 e. The Labute approximate surface area is 201 Å². The lowest BCUT2D eigenvalue weighted by Crippen LogP contribution is -3.14. The highest BCUT2D eigenvalue weighted by Gasteiger charge is 2.44. The van der Waals surface area contributed by atoms with E-state index in [2.05, 4.69) is 15.9 Å². The number of halogens is 1. The van der Waals surface area contributed by atoms with E-state index in [1.807, 2.05) is 24.3 Å². The van der Waals surface area contributed by atoms with E-state index in [4.69, 9.17) is 9.47 Å². The lowest BCUT2D eigenvalue weighted by Gasteiger charge is -2.29. The molecule has 2 saturated heterocycles. The van der Waals surface area contributed by atoms with Gasteiger partial charge in [-0.1, -0.05) is 46.0 Å². The number of ether oxygens (including phenoxy) is 2. The molecule has 0 saturated carbocycles. The molecule has 4 rings (SSSR count). The number of methoxy groups -OCH3 is 1. The number of benzene rings is 2. The molecule has 2 fully saturated rings. The summed E-state index contributed by atoms with van der Waals surface area (Å²) in [6.45, 7) is 4.64. The second-order valence-corrected chi connectivity index (χ2v) is 9.14. The van der Waals surface area contributed by atoms with Crippen LogP contribution in [0.1, 0.15) is 23.6 Å². The van der Waals surface area contributed by atoms with Crippen LogP contribution in [0.4, 0.5) is 0 Å². The molecule has 0 aliphatic carbocycles. The van der Waals surface area contributed by atoms with Gasteiger partial charge < -0.3 is 24.4 Å². The van der Waals surface area contributed by atoms with Crippen molar-refractivity contribution in [3.05, 3.63) is 69.7 Å². The van der Waals surface area contributed by atoms with E-state index in [0.29, 0.717) is 17.9 Å². The first-order valence-electron chi connectivity index (χ1n) is 11.1. The zero-order valence-electron chi connectivity index (χ0n) is 18.5. The van der Waals surface area contributed by atoms with Crippen molar-refractivity contribution in [3.8, 4) is 5.75 Å². The first-order chi connectivity index (χ1) is 16.0. The third-order valence-corrected chi connectivity index (χ3v) is 6.65. The van der Waals surface area contributed by atoms with Crippen molar-refractivity contribution in [2.75, 3.05) is 46.5 Å². The maximum atomic E-state index is 13.5. The normalized spacial score (nSPS) is 20.9. The van der Waals surface area contributed by atoms with Gasteiger partial charge in [0.05, 0.1) is 32.9 Å². The molecule has 0 bridgehead atoms. The third-order valence-electron chi connectivity index (χ3n) is 6.16. The number of quaternary nitrogens is 1. The lowest BCUT2D eigenvalue weighted by atomic mass is 9.95. The van der Waals surface area contributed by atoms with E-state index in [-0.39, 0.29) is 5.57 Å². The second-order valence-electron chi connectivity index (χ2n) is 8.23. The van der Waals surface area contributed by atoms with Gasteiger partial charge >= 0.3 is 0 Å². The van der Waals surface area contributed by atoms with Crippen LogP contribution in [-0.4, -0.2) is 63.1 Å². The molecule has 2 aromatic rings. The van der Waals surface area contributed by atoms with Crippen LogP contribution in [0, 0.1) is 0 Å². The molecule has 0 spiro atoms. The molecule has 0 aromatic heterocycles. The SMILES string of the molecule is COc1cccc(C([O-])=C2C(=O)C(=O)N(CCC[NH+]3CCOCC3)C2c2cccc(Br)c2)c1. The Morgan fingerprint density at radius 1 is 1.18 bits per heavy atom. The predicted molar refractivity (Wildman–Crippen MR) is 125 cm³/mol. The summed E-state index contributed by atoms with van der Waals surface area (Å²) >= 11 is 3.47. The van der Waals surface area contributed by atoms with E-state index in [9.17, 15) is 14.7 Å². The zero-order chi connectivity index (χ0) is 23.4. The van der Waals surface area contributed by atoms with Crippen LogP contribution in [0.5, 0.6) is 5.75 Å². The Kier molecular flexibility index (Phi) is 7.47. The number of carbonyl (C=O) groups excluding carboxylic acids is 2. The first-order valence-corrected chi connectivity index (χ1v) is 11.9. The number of hydrogen-bond donors (Lipinski definition) is 1. The number of hydrogen-bond acceptors (Lipinski definition) is 5. The van der Waals surface area contributed by atoms with E-state index >= 15 is 0 Å². The van der Waals surface area contributed by atoms with Gasteiger partial charge in [-0.3, -0.25) is 9.59 Å². The number of amides is 1. The van der Waals surface area contributed by atoms with Crippen molar-refractivity contribution in [1.29, 1.82) is 0 Å². The van der Waals surface area contributed by atoms with Gasteiger partial charge in [-0.25, -0.2) is 0 Å². The van der Waals surface area contributed by atoms with Crippen molar-refractivity contribution < 1.29 is 29.1 Å². The molecule has 2 aliphatic rings. The zero-order valence-corrected chi connectivity index (χ0v) is 20.1. The molecule has 174 valence electrons. The Morgan fingerprint density at radius 2 is 1.94 bits per heavy atom. The predicted octanol–water partition coefficient (Wildman–Crippen LogP) is 0.987. The van der Waals surface area contributed by atoms with Crippen LogP contribution >= 0.6 is 15.9 Å². The number of nitrogens with zero attached hydrogens (tertiary/aromatic N) is 1. The largest absolute Gasteiger partial charge is 0.872 e. The van der Waals surface area contributed by atoms with Crippen LogP contribution < -0.4 is 14.7 Å². The monoisotopic (exact) mass is 514 g/mol. The van der Waals surface area contributed by atoms with Crippen molar-refractivity contribution in [2.24, 2.45) is 0 Å². The number of Topliss-reactive ketones (excluding diaryl/α,β-unsaturated/α-hetero) is 1. The molecule has 7 nitrogen and oxygen atoms in total. The fraction of sp³-hybridized carbons (Fsp3) is 0.360. The number of ketones is 1. The molecule has 1 atom stereocenters. The first kappa shape index (κ1) is 23.5. The van der Waals surface area contributed by atoms with Crippen LogP contribution in [0.2, 0.25) is 0 Å². The average Bonchev–Trinajstić information content (AvgIpc) is 3.09. The molecule has 1 amide bonds. The average molecular weight is 515 g/mol. The summed E-state index contributed by atoms with van der Waals surface area (Å²) in [5.74, 6) is -1.28. The minimum absolute atomic E-state index is 0.00919. The van der Waals surface area contributed by atoms with Crippen molar-refractivity contribution >= 4 is 33.4 Å². The van der Waals surface area contributed by atoms with E-state index in [1.54, 1.807) is 29.2 Å². The molecule has 2 aromatic carbocycles. The highest BCUT2D eigenvalue weighted by molar-refractivity contribution is 9.10. The highest BCUT2D eigenvalue weighted by Crippen LogP contribution is 2.39. The Morgan fingerprint density at radius 3 is 2.67 bits per heavy atom. The van der Waals surface area contributed by atoms with Crippen LogP contribution in [0.15, 0.2) is 58.6 Å². The van der Waals surface area contributed by atoms with Gasteiger partial charge in [0, 0.05) is 23.0 Å². The summed E-state index contributed by atoms with van der Waals surface area (Å²) in [5.41, 5.74) is 1.05. The fourth-order valence-electron chi connectivity index (χ4n) is 4.45. The summed E-state index contributed by atoms with van der Waals surface area (Å²) < 4.78 is 11.5. The van der Waals surface area contributed by atoms with E-state index < -0.39 is 23.5 Å². The van der Waals surface area contributed by atoms with Crippen LogP contribution in [0.3, 0.4) is 0 Å². The quantitative estimate of drug-likeness (QED) is 0.338. The van der Waals surface area contributed by atoms with Crippen molar-refractivity contribution in [3.63, 3.8) is 0 Å². The standard InChI is InChI=1S/C25H27BrN2O5/c1-32-20-8-3-6-18(16-20)23(29)21-22(17-5-2-7-19(26)15-17)28(25(31)24(21)30)10-4-9-27-11-13-33-14-12-27/h2-3,5-8,15-16,22,29H,4,9-14H2,1H3. The Balaban J connectivity index is 1.68. The van der Waals surface area contributed by atoms with Gasteiger partial charge in [-0.2, -0.15) is 0 Å². The summed E-state index contributed by atoms with van der Waals surface area (Å²) in [6.07, 6.45) is 0.736. The Bertz CT molecular complexity index is 1060. The highest BCUT2D eigenvalue weighted by atomic mass is 79.9. The van der Waals surface area contributed by atoms with Gasteiger partial charge in [-0.05, 0) is 35.4 Å². The van der Waals surface area contributed by atoms with Gasteiger partial charge in [0.25, 0.3) is 5.91 Å². The number of likely N-dealkylation sites (tertiary alicyclic amines) is 1. The van der Waals surface area contributed by atoms with Gasteiger partial charge in [0.15, 0.2) is 0 Å². The minimum Gasteiger partial charge on any atom is -0.872 e. The van der Waals surface area contributed by atoms with Crippen molar-refractivity contribution in [2.45, 2.75) is 12.5 Å². The summed E-state index contributed by atoms with van der Waals surface area (Å²) in [7, 11) is 1.52. The molecular formula is C25H27BrN2O5. The number of carbonyl (C=O) groups is 2. The van der Waals surface area contributed by atoms with Crippen molar-refractivity contribution in [1.82, 2.24) is 4.90 Å². The molecule has 0 radical (unpaired) electrons. The maximum Gasteiger partial charge on any atom is 0.295 e. The number of nitrogens with one attached hydrogen (secondary N) is 1. The molecular weight excluding hydrogens is 488 g/mol. The molecule has 8 heteroatoms. The molecule has 2 aliphatic heterocycles. The lowest BCUT2D eigenvalue weighted by molar-refractivity contribution is -0.908. The second kappa shape index (κ2) is 10.5. The fourth-order valence-corrected chi connectivity index (χ4v) is 4.87. The Hall–Kier alpha value is -2.68.